The molecule has 0 aliphatic rings. The Labute approximate surface area is 155 Å². The van der Waals surface area contributed by atoms with Crippen molar-refractivity contribution in [2.24, 2.45) is 5.10 Å². The van der Waals surface area contributed by atoms with E-state index in [4.69, 9.17) is 9.47 Å². The van der Waals surface area contributed by atoms with Crippen molar-refractivity contribution < 1.29 is 14.3 Å². The molecule has 0 atom stereocenters. The lowest BCUT2D eigenvalue weighted by Gasteiger charge is -2.11. The van der Waals surface area contributed by atoms with Gasteiger partial charge in [0.15, 0.2) is 11.5 Å². The van der Waals surface area contributed by atoms with E-state index in [1.54, 1.807) is 25.5 Å². The quantitative estimate of drug-likeness (QED) is 0.390. The first-order valence-electron chi connectivity index (χ1n) is 8.94. The standard InChI is InChI=1S/C21H26N2O3/c1-3-4-5-9-14-26-19-13-12-17(15-20(19)25-2)16-22-23-21(24)18-10-7-6-8-11-18/h6-8,10-13,15-16H,3-5,9,14H2,1-2H3,(H,23,24)/b22-16+. The molecule has 0 unspecified atom stereocenters. The summed E-state index contributed by atoms with van der Waals surface area (Å²) in [6.45, 7) is 2.86. The number of carbonyl (C=O) groups is 1. The van der Waals surface area contributed by atoms with Gasteiger partial charge in [0.1, 0.15) is 0 Å². The molecule has 0 heterocycles. The van der Waals surface area contributed by atoms with Gasteiger partial charge in [0.2, 0.25) is 0 Å². The summed E-state index contributed by atoms with van der Waals surface area (Å²) in [4.78, 5) is 11.9. The largest absolute Gasteiger partial charge is 0.493 e. The van der Waals surface area contributed by atoms with E-state index in [-0.39, 0.29) is 5.91 Å². The van der Waals surface area contributed by atoms with Crippen LogP contribution in [-0.2, 0) is 0 Å². The van der Waals surface area contributed by atoms with Crippen LogP contribution in [0.2, 0.25) is 0 Å². The Morgan fingerprint density at radius 1 is 1.08 bits per heavy atom. The minimum absolute atomic E-state index is 0.249. The first kappa shape index (κ1) is 19.5. The number of unbranched alkanes of at least 4 members (excludes halogenated alkanes) is 3. The Kier molecular flexibility index (Phi) is 8.19. The lowest BCUT2D eigenvalue weighted by atomic mass is 10.2. The molecule has 2 rings (SSSR count). The van der Waals surface area contributed by atoms with Crippen LogP contribution in [0.1, 0.15) is 48.5 Å². The SMILES string of the molecule is CCCCCCOc1ccc(/C=N/NC(=O)c2ccccc2)cc1OC. The molecule has 0 saturated heterocycles. The maximum atomic E-state index is 11.9. The van der Waals surface area contributed by atoms with Crippen LogP contribution < -0.4 is 14.9 Å². The predicted octanol–water partition coefficient (Wildman–Crippen LogP) is 4.42. The van der Waals surface area contributed by atoms with Gasteiger partial charge in [0.25, 0.3) is 5.91 Å². The molecular weight excluding hydrogens is 328 g/mol. The molecule has 0 aromatic heterocycles. The molecule has 138 valence electrons. The van der Waals surface area contributed by atoms with E-state index in [1.165, 1.54) is 19.3 Å². The molecule has 1 amide bonds. The highest BCUT2D eigenvalue weighted by Gasteiger charge is 2.06. The summed E-state index contributed by atoms with van der Waals surface area (Å²) in [5.74, 6) is 1.12. The summed E-state index contributed by atoms with van der Waals surface area (Å²) in [5, 5.41) is 4.00. The Bertz CT molecular complexity index is 714. The van der Waals surface area contributed by atoms with Gasteiger partial charge >= 0.3 is 0 Å². The number of nitrogens with one attached hydrogen (secondary N) is 1. The van der Waals surface area contributed by atoms with Gasteiger partial charge < -0.3 is 9.47 Å². The monoisotopic (exact) mass is 354 g/mol. The summed E-state index contributed by atoms with van der Waals surface area (Å²) < 4.78 is 11.2. The number of benzene rings is 2. The van der Waals surface area contributed by atoms with E-state index < -0.39 is 0 Å². The Morgan fingerprint density at radius 3 is 2.62 bits per heavy atom. The molecule has 1 N–H and O–H groups in total. The number of hydrogen-bond donors (Lipinski definition) is 1. The zero-order chi connectivity index (χ0) is 18.6. The van der Waals surface area contributed by atoms with E-state index in [1.807, 2.05) is 36.4 Å². The molecule has 0 aliphatic heterocycles. The zero-order valence-electron chi connectivity index (χ0n) is 15.4. The molecule has 0 spiro atoms. The van der Waals surface area contributed by atoms with Gasteiger partial charge in [-0.05, 0) is 42.3 Å². The third kappa shape index (κ3) is 6.24. The third-order valence-corrected chi connectivity index (χ3v) is 3.86. The number of nitrogens with zero attached hydrogens (tertiary/aromatic N) is 1. The van der Waals surface area contributed by atoms with Gasteiger partial charge in [0.05, 0.1) is 19.9 Å². The summed E-state index contributed by atoms with van der Waals surface area (Å²) in [6, 6.07) is 14.5. The van der Waals surface area contributed by atoms with Crippen LogP contribution >= 0.6 is 0 Å². The van der Waals surface area contributed by atoms with E-state index >= 15 is 0 Å². The number of hydrazone groups is 1. The van der Waals surface area contributed by atoms with E-state index in [0.717, 1.165) is 17.7 Å². The molecule has 0 bridgehead atoms. The summed E-state index contributed by atoms with van der Waals surface area (Å²) in [6.07, 6.45) is 6.22. The minimum atomic E-state index is -0.249. The van der Waals surface area contributed by atoms with Crippen molar-refractivity contribution in [3.8, 4) is 11.5 Å². The van der Waals surface area contributed by atoms with Gasteiger partial charge in [-0.3, -0.25) is 4.79 Å². The first-order chi connectivity index (χ1) is 12.7. The average Bonchev–Trinajstić information content (AvgIpc) is 2.69. The normalized spacial score (nSPS) is 10.7. The minimum Gasteiger partial charge on any atom is -0.493 e. The second-order valence-electron chi connectivity index (χ2n) is 5.88. The number of hydrogen-bond acceptors (Lipinski definition) is 4. The molecule has 26 heavy (non-hydrogen) atoms. The average molecular weight is 354 g/mol. The molecule has 5 heteroatoms. The molecule has 5 nitrogen and oxygen atoms in total. The smallest absolute Gasteiger partial charge is 0.271 e. The Hall–Kier alpha value is -2.82. The molecule has 2 aromatic carbocycles. The van der Waals surface area contributed by atoms with Crippen molar-refractivity contribution >= 4 is 12.1 Å². The van der Waals surface area contributed by atoms with E-state index in [0.29, 0.717) is 17.9 Å². The Morgan fingerprint density at radius 2 is 1.88 bits per heavy atom. The summed E-state index contributed by atoms with van der Waals surface area (Å²) in [5.41, 5.74) is 3.89. The molecule has 0 aliphatic carbocycles. The summed E-state index contributed by atoms with van der Waals surface area (Å²) >= 11 is 0. The molecule has 0 saturated carbocycles. The Balaban J connectivity index is 1.90. The molecule has 0 fully saturated rings. The van der Waals surface area contributed by atoms with Gasteiger partial charge in [-0.1, -0.05) is 44.4 Å². The van der Waals surface area contributed by atoms with Crippen molar-refractivity contribution in [2.45, 2.75) is 32.6 Å². The van der Waals surface area contributed by atoms with Crippen molar-refractivity contribution in [2.75, 3.05) is 13.7 Å². The second-order valence-corrected chi connectivity index (χ2v) is 5.88. The number of amides is 1. The van der Waals surface area contributed by atoms with Crippen LogP contribution in [0.25, 0.3) is 0 Å². The highest BCUT2D eigenvalue weighted by Crippen LogP contribution is 2.27. The van der Waals surface area contributed by atoms with Crippen molar-refractivity contribution in [3.63, 3.8) is 0 Å². The van der Waals surface area contributed by atoms with Crippen LogP contribution in [0.3, 0.4) is 0 Å². The van der Waals surface area contributed by atoms with Crippen LogP contribution in [0, 0.1) is 0 Å². The highest BCUT2D eigenvalue weighted by molar-refractivity contribution is 5.94. The van der Waals surface area contributed by atoms with E-state index in [9.17, 15) is 4.79 Å². The fourth-order valence-corrected chi connectivity index (χ4v) is 2.41. The zero-order valence-corrected chi connectivity index (χ0v) is 15.4. The highest BCUT2D eigenvalue weighted by atomic mass is 16.5. The predicted molar refractivity (Wildman–Crippen MR) is 104 cm³/mol. The maximum absolute atomic E-state index is 11.9. The van der Waals surface area contributed by atoms with Crippen LogP contribution in [0.5, 0.6) is 11.5 Å². The van der Waals surface area contributed by atoms with Gasteiger partial charge in [0, 0.05) is 5.56 Å². The van der Waals surface area contributed by atoms with Crippen molar-refractivity contribution in [1.29, 1.82) is 0 Å². The number of carbonyl (C=O) groups excluding carboxylic acids is 1. The molecular formula is C21H26N2O3. The third-order valence-electron chi connectivity index (χ3n) is 3.86. The lowest BCUT2D eigenvalue weighted by molar-refractivity contribution is 0.0955. The molecule has 2 aromatic rings. The van der Waals surface area contributed by atoms with E-state index in [2.05, 4.69) is 17.5 Å². The van der Waals surface area contributed by atoms with Gasteiger partial charge in [-0.25, -0.2) is 5.43 Å². The van der Waals surface area contributed by atoms with Crippen molar-refractivity contribution in [3.05, 3.63) is 59.7 Å². The van der Waals surface area contributed by atoms with Crippen LogP contribution in [0.4, 0.5) is 0 Å². The molecule has 0 radical (unpaired) electrons. The lowest BCUT2D eigenvalue weighted by Crippen LogP contribution is -2.17. The number of rotatable bonds is 10. The van der Waals surface area contributed by atoms with Crippen molar-refractivity contribution in [1.82, 2.24) is 5.43 Å². The first-order valence-corrected chi connectivity index (χ1v) is 8.94. The van der Waals surface area contributed by atoms with Crippen LogP contribution in [-0.4, -0.2) is 25.8 Å². The topological polar surface area (TPSA) is 59.9 Å². The fraction of sp³-hybridized carbons (Fsp3) is 0.333. The maximum Gasteiger partial charge on any atom is 0.271 e. The van der Waals surface area contributed by atoms with Crippen LogP contribution in [0.15, 0.2) is 53.6 Å². The fourth-order valence-electron chi connectivity index (χ4n) is 2.41. The summed E-state index contributed by atoms with van der Waals surface area (Å²) in [7, 11) is 1.61. The number of ether oxygens (including phenoxy) is 2. The number of methoxy groups -OCH3 is 1. The second kappa shape index (κ2) is 10.9. The van der Waals surface area contributed by atoms with Gasteiger partial charge in [-0.15, -0.1) is 0 Å². The van der Waals surface area contributed by atoms with Gasteiger partial charge in [-0.2, -0.15) is 5.10 Å².